The van der Waals surface area contributed by atoms with Gasteiger partial charge in [-0.25, -0.2) is 21.6 Å². The Balaban J connectivity index is 2.07. The van der Waals surface area contributed by atoms with E-state index in [4.69, 9.17) is 20.8 Å². The zero-order chi connectivity index (χ0) is 32.3. The van der Waals surface area contributed by atoms with E-state index < -0.39 is 47.9 Å². The minimum Gasteiger partial charge on any atom is -0.494 e. The van der Waals surface area contributed by atoms with Crippen LogP contribution in [0.15, 0.2) is 59.5 Å². The second kappa shape index (κ2) is 13.4. The summed E-state index contributed by atoms with van der Waals surface area (Å²) in [6, 6.07) is 9.75. The maximum absolute atomic E-state index is 15.8. The summed E-state index contributed by atoms with van der Waals surface area (Å²) < 4.78 is 84.0. The van der Waals surface area contributed by atoms with Gasteiger partial charge in [-0.1, -0.05) is 50.6 Å². The maximum atomic E-state index is 15.8. The van der Waals surface area contributed by atoms with Crippen LogP contribution in [0.1, 0.15) is 38.8 Å². The van der Waals surface area contributed by atoms with Gasteiger partial charge >= 0.3 is 0 Å². The molecule has 234 valence electrons. The molecular formula is C31H37ClF3NO5SSi. The Bertz CT molecular complexity index is 1570. The van der Waals surface area contributed by atoms with Crippen molar-refractivity contribution in [3.05, 3.63) is 88.2 Å². The van der Waals surface area contributed by atoms with Crippen LogP contribution in [-0.4, -0.2) is 47.7 Å². The minimum atomic E-state index is -4.57. The van der Waals surface area contributed by atoms with Crippen LogP contribution in [0.4, 0.5) is 18.9 Å². The lowest BCUT2D eigenvalue weighted by Gasteiger charge is -2.39. The summed E-state index contributed by atoms with van der Waals surface area (Å²) in [7, 11) is -5.71. The molecule has 0 amide bonds. The Morgan fingerprint density at radius 1 is 1.00 bits per heavy atom. The molecule has 0 aliphatic heterocycles. The number of methoxy groups -OCH3 is 1. The molecule has 0 aromatic heterocycles. The van der Waals surface area contributed by atoms with Crippen molar-refractivity contribution < 1.29 is 35.9 Å². The molecule has 6 nitrogen and oxygen atoms in total. The number of benzene rings is 3. The van der Waals surface area contributed by atoms with E-state index in [0.29, 0.717) is 5.56 Å². The van der Waals surface area contributed by atoms with Crippen LogP contribution < -0.4 is 9.04 Å². The van der Waals surface area contributed by atoms with Gasteiger partial charge in [0.25, 0.3) is 10.0 Å². The normalized spacial score (nSPS) is 14.1. The van der Waals surface area contributed by atoms with Crippen molar-refractivity contribution in [1.82, 2.24) is 0 Å². The Morgan fingerprint density at radius 3 is 2.26 bits per heavy atom. The zero-order valence-corrected chi connectivity index (χ0v) is 27.7. The maximum Gasteiger partial charge on any atom is 0.264 e. The summed E-state index contributed by atoms with van der Waals surface area (Å²) in [5, 5.41) is 11.2. The molecule has 3 rings (SSSR count). The largest absolute Gasteiger partial charge is 0.494 e. The fraction of sp³-hybridized carbons (Fsp3) is 0.355. The van der Waals surface area contributed by atoms with Gasteiger partial charge in [-0.05, 0) is 73.1 Å². The number of nitrogens with zero attached hydrogens (tertiary/aromatic N) is 1. The van der Waals surface area contributed by atoms with E-state index in [1.807, 2.05) is 33.9 Å². The number of aliphatic hydroxyl groups is 1. The highest BCUT2D eigenvalue weighted by molar-refractivity contribution is 7.92. The molecule has 0 aliphatic rings. The summed E-state index contributed by atoms with van der Waals surface area (Å²) in [5.74, 6) is -2.58. The Kier molecular flexibility index (Phi) is 10.8. The Labute approximate surface area is 257 Å². The van der Waals surface area contributed by atoms with Gasteiger partial charge in [-0.2, -0.15) is 0 Å². The number of hydrogen-bond acceptors (Lipinski definition) is 5. The molecule has 0 saturated carbocycles. The van der Waals surface area contributed by atoms with Gasteiger partial charge in [0.05, 0.1) is 41.5 Å². The first-order chi connectivity index (χ1) is 19.9. The highest BCUT2D eigenvalue weighted by Gasteiger charge is 2.40. The standard InChI is InChI=1S/C31H37ClF3NO5SSi/c1-20(29(37)19-41-43(6,7)31(2,3)4)36(42(38,39)22-13-15-26(34)30(18-22)40-5)28-16-12-21(17-27(28)35)11-14-23-24(32)9-8-10-25(23)33/h8-18,20,29,37H,19H2,1-7H3/t20-,29+/m1/s1. The van der Waals surface area contributed by atoms with Crippen LogP contribution in [0.25, 0.3) is 12.2 Å². The molecule has 43 heavy (non-hydrogen) atoms. The molecule has 12 heteroatoms. The van der Waals surface area contributed by atoms with Gasteiger partial charge < -0.3 is 14.3 Å². The predicted octanol–water partition coefficient (Wildman–Crippen LogP) is 7.90. The molecule has 0 saturated heterocycles. The van der Waals surface area contributed by atoms with Crippen LogP contribution >= 0.6 is 11.6 Å². The molecule has 0 bridgehead atoms. The average Bonchev–Trinajstić information content (AvgIpc) is 2.92. The second-order valence-corrected chi connectivity index (χ2v) is 18.7. The van der Waals surface area contributed by atoms with Crippen molar-refractivity contribution in [1.29, 1.82) is 0 Å². The van der Waals surface area contributed by atoms with Crippen molar-refractivity contribution in [3.63, 3.8) is 0 Å². The van der Waals surface area contributed by atoms with E-state index in [0.717, 1.165) is 28.6 Å². The van der Waals surface area contributed by atoms with E-state index in [-0.39, 0.29) is 38.6 Å². The van der Waals surface area contributed by atoms with E-state index >= 15 is 4.39 Å². The number of halogens is 4. The molecule has 0 fully saturated rings. The first-order valence-corrected chi connectivity index (χ1v) is 18.2. The van der Waals surface area contributed by atoms with Crippen molar-refractivity contribution in [2.75, 3.05) is 18.0 Å². The van der Waals surface area contributed by atoms with Gasteiger partial charge in [-0.15, -0.1) is 0 Å². The molecule has 3 aromatic rings. The van der Waals surface area contributed by atoms with Crippen molar-refractivity contribution in [2.45, 2.75) is 62.9 Å². The second-order valence-electron chi connectivity index (χ2n) is 11.7. The van der Waals surface area contributed by atoms with Gasteiger partial charge in [0.1, 0.15) is 11.6 Å². The molecule has 2 atom stereocenters. The van der Waals surface area contributed by atoms with Gasteiger partial charge in [-0.3, -0.25) is 4.31 Å². The number of aliphatic hydroxyl groups excluding tert-OH is 1. The quantitative estimate of drug-likeness (QED) is 0.168. The summed E-state index contributed by atoms with van der Waals surface area (Å²) in [5.41, 5.74) is 0.0562. The van der Waals surface area contributed by atoms with Crippen LogP contribution in [0.3, 0.4) is 0 Å². The van der Waals surface area contributed by atoms with Crippen LogP contribution in [0.5, 0.6) is 5.75 Å². The fourth-order valence-corrected chi connectivity index (χ4v) is 6.90. The van der Waals surface area contributed by atoms with Gasteiger partial charge in [0.15, 0.2) is 19.9 Å². The lowest BCUT2D eigenvalue weighted by molar-refractivity contribution is 0.0845. The first-order valence-electron chi connectivity index (χ1n) is 13.5. The van der Waals surface area contributed by atoms with Gasteiger partial charge in [0.2, 0.25) is 0 Å². The zero-order valence-electron chi connectivity index (χ0n) is 25.2. The highest BCUT2D eigenvalue weighted by atomic mass is 35.5. The van der Waals surface area contributed by atoms with Crippen molar-refractivity contribution >= 4 is 47.8 Å². The summed E-state index contributed by atoms with van der Waals surface area (Å²) in [4.78, 5) is -0.368. The number of ether oxygens (including phenoxy) is 1. The van der Waals surface area contributed by atoms with E-state index in [9.17, 15) is 22.3 Å². The van der Waals surface area contributed by atoms with E-state index in [1.165, 1.54) is 56.5 Å². The highest BCUT2D eigenvalue weighted by Crippen LogP contribution is 2.37. The van der Waals surface area contributed by atoms with E-state index in [1.54, 1.807) is 0 Å². The summed E-state index contributed by atoms with van der Waals surface area (Å²) >= 11 is 6.07. The SMILES string of the molecule is COc1cc(S(=O)(=O)N(c2ccc(C=Cc3c(F)cccc3Cl)cc2F)[C@H](C)[C@@H](O)CO[Si](C)(C)C(C)(C)C)ccc1F. The summed E-state index contributed by atoms with van der Waals surface area (Å²) in [6.45, 7) is 11.3. The third kappa shape index (κ3) is 7.82. The molecule has 0 radical (unpaired) electrons. The third-order valence-electron chi connectivity index (χ3n) is 7.68. The van der Waals surface area contributed by atoms with E-state index in [2.05, 4.69) is 0 Å². The summed E-state index contributed by atoms with van der Waals surface area (Å²) in [6.07, 6.45) is 1.47. The average molecular weight is 656 g/mol. The lowest BCUT2D eigenvalue weighted by atomic mass is 10.1. The molecule has 3 aromatic carbocycles. The smallest absolute Gasteiger partial charge is 0.264 e. The molecule has 0 unspecified atom stereocenters. The lowest BCUT2D eigenvalue weighted by Crippen LogP contribution is -2.50. The van der Waals surface area contributed by atoms with Crippen molar-refractivity contribution in [3.8, 4) is 5.75 Å². The van der Waals surface area contributed by atoms with Gasteiger partial charge in [0, 0.05) is 11.6 Å². The molecule has 1 N–H and O–H groups in total. The van der Waals surface area contributed by atoms with Crippen LogP contribution in [-0.2, 0) is 14.4 Å². The topological polar surface area (TPSA) is 76.1 Å². The third-order valence-corrected chi connectivity index (χ3v) is 14.4. The minimum absolute atomic E-state index is 0.113. The van der Waals surface area contributed by atoms with Crippen LogP contribution in [0.2, 0.25) is 23.2 Å². The Hall–Kier alpha value is -2.83. The molecule has 0 aliphatic carbocycles. The number of hydrogen-bond donors (Lipinski definition) is 1. The van der Waals surface area contributed by atoms with Crippen LogP contribution in [0, 0.1) is 17.5 Å². The number of rotatable bonds is 11. The Morgan fingerprint density at radius 2 is 1.67 bits per heavy atom. The molecule has 0 spiro atoms. The first kappa shape index (κ1) is 34.7. The molecule has 0 heterocycles. The monoisotopic (exact) mass is 655 g/mol. The fourth-order valence-electron chi connectivity index (χ4n) is 3.94. The number of anilines is 1. The molecular weight excluding hydrogens is 619 g/mol. The predicted molar refractivity (Wildman–Crippen MR) is 168 cm³/mol. The number of sulfonamides is 1. The van der Waals surface area contributed by atoms with Crippen molar-refractivity contribution in [2.24, 2.45) is 0 Å².